The Balaban J connectivity index is 1.89. The molecule has 1 saturated carbocycles. The minimum atomic E-state index is 0.731. The monoisotopic (exact) mass is 234 g/mol. The molecule has 0 aliphatic heterocycles. The van der Waals surface area contributed by atoms with E-state index in [4.69, 9.17) is 0 Å². The third-order valence-corrected chi connectivity index (χ3v) is 3.57. The van der Waals surface area contributed by atoms with E-state index in [1.807, 2.05) is 13.2 Å². The van der Waals surface area contributed by atoms with Crippen LogP contribution >= 0.6 is 0 Å². The van der Waals surface area contributed by atoms with Crippen LogP contribution in [-0.4, -0.2) is 35.0 Å². The first-order valence-corrected chi connectivity index (χ1v) is 6.48. The second-order valence-corrected chi connectivity index (χ2v) is 4.85. The second-order valence-electron chi connectivity index (χ2n) is 4.85. The van der Waals surface area contributed by atoms with Gasteiger partial charge in [-0.25, -0.2) is 4.98 Å². The Kier molecular flexibility index (Phi) is 4.31. The van der Waals surface area contributed by atoms with Gasteiger partial charge < -0.3 is 5.32 Å². The van der Waals surface area contributed by atoms with Crippen molar-refractivity contribution in [3.05, 3.63) is 18.1 Å². The molecule has 0 spiro atoms. The van der Waals surface area contributed by atoms with Gasteiger partial charge in [0, 0.05) is 19.6 Å². The van der Waals surface area contributed by atoms with Crippen molar-refractivity contribution in [2.75, 3.05) is 19.4 Å². The number of nitrogens with one attached hydrogen (secondary N) is 1. The molecule has 2 rings (SSSR count). The maximum absolute atomic E-state index is 4.42. The normalized spacial score (nSPS) is 17.4. The highest BCUT2D eigenvalue weighted by Crippen LogP contribution is 2.22. The summed E-state index contributed by atoms with van der Waals surface area (Å²) in [4.78, 5) is 11.1. The zero-order valence-electron chi connectivity index (χ0n) is 10.8. The van der Waals surface area contributed by atoms with Gasteiger partial charge in [-0.3, -0.25) is 9.88 Å². The van der Waals surface area contributed by atoms with E-state index in [0.717, 1.165) is 24.1 Å². The van der Waals surface area contributed by atoms with Crippen molar-refractivity contribution < 1.29 is 0 Å². The lowest BCUT2D eigenvalue weighted by Crippen LogP contribution is -2.33. The van der Waals surface area contributed by atoms with Crippen molar-refractivity contribution in [1.29, 1.82) is 0 Å². The summed E-state index contributed by atoms with van der Waals surface area (Å²) in [6.07, 6.45) is 10.5. The average molecular weight is 234 g/mol. The van der Waals surface area contributed by atoms with Crippen molar-refractivity contribution in [1.82, 2.24) is 14.9 Å². The fourth-order valence-corrected chi connectivity index (χ4v) is 2.47. The summed E-state index contributed by atoms with van der Waals surface area (Å²) in [5.41, 5.74) is 1.05. The molecule has 1 N–H and O–H groups in total. The van der Waals surface area contributed by atoms with Gasteiger partial charge >= 0.3 is 0 Å². The van der Waals surface area contributed by atoms with Crippen LogP contribution in [0.2, 0.25) is 0 Å². The summed E-state index contributed by atoms with van der Waals surface area (Å²) in [6, 6.07) is 0.731. The molecular formula is C13H22N4. The summed E-state index contributed by atoms with van der Waals surface area (Å²) >= 11 is 0. The fourth-order valence-electron chi connectivity index (χ4n) is 2.47. The predicted molar refractivity (Wildman–Crippen MR) is 69.9 cm³/mol. The molecule has 1 aromatic rings. The molecule has 4 heteroatoms. The van der Waals surface area contributed by atoms with Crippen molar-refractivity contribution in [3.8, 4) is 0 Å². The Labute approximate surface area is 103 Å². The van der Waals surface area contributed by atoms with E-state index in [9.17, 15) is 0 Å². The second kappa shape index (κ2) is 5.96. The van der Waals surface area contributed by atoms with Crippen LogP contribution in [0, 0.1) is 0 Å². The molecule has 0 aromatic carbocycles. The number of hydrogen-bond donors (Lipinski definition) is 1. The summed E-state index contributed by atoms with van der Waals surface area (Å²) in [5.74, 6) is 0.828. The number of aromatic nitrogens is 2. The molecule has 0 radical (unpaired) electrons. The number of hydrogen-bond acceptors (Lipinski definition) is 4. The van der Waals surface area contributed by atoms with Crippen molar-refractivity contribution in [3.63, 3.8) is 0 Å². The van der Waals surface area contributed by atoms with Crippen LogP contribution in [0.3, 0.4) is 0 Å². The topological polar surface area (TPSA) is 41.1 Å². The molecule has 1 heterocycles. The molecule has 0 unspecified atom stereocenters. The molecule has 1 aromatic heterocycles. The van der Waals surface area contributed by atoms with E-state index in [2.05, 4.69) is 27.2 Å². The van der Waals surface area contributed by atoms with Gasteiger partial charge in [0.15, 0.2) is 0 Å². The minimum absolute atomic E-state index is 0.731. The molecule has 94 valence electrons. The summed E-state index contributed by atoms with van der Waals surface area (Å²) < 4.78 is 0. The molecule has 0 atom stereocenters. The van der Waals surface area contributed by atoms with E-state index >= 15 is 0 Å². The molecular weight excluding hydrogens is 212 g/mol. The standard InChI is InChI=1S/C13H22N4/c1-14-13-9-15-11(8-16-13)10-17(2)12-6-4-3-5-7-12/h8-9,12H,3-7,10H2,1-2H3,(H,14,16). The maximum Gasteiger partial charge on any atom is 0.144 e. The van der Waals surface area contributed by atoms with Crippen molar-refractivity contribution >= 4 is 5.82 Å². The third-order valence-electron chi connectivity index (χ3n) is 3.57. The Morgan fingerprint density at radius 3 is 2.59 bits per heavy atom. The van der Waals surface area contributed by atoms with Crippen LogP contribution in [0.5, 0.6) is 0 Å². The average Bonchev–Trinajstić information content (AvgIpc) is 2.40. The largest absolute Gasteiger partial charge is 0.372 e. The first-order chi connectivity index (χ1) is 8.29. The number of nitrogens with zero attached hydrogens (tertiary/aromatic N) is 3. The Hall–Kier alpha value is -1.16. The molecule has 0 bridgehead atoms. The summed E-state index contributed by atoms with van der Waals surface area (Å²) in [6.45, 7) is 0.904. The van der Waals surface area contributed by atoms with E-state index in [1.54, 1.807) is 6.20 Å². The van der Waals surface area contributed by atoms with Gasteiger partial charge in [0.1, 0.15) is 5.82 Å². The lowest BCUT2D eigenvalue weighted by molar-refractivity contribution is 0.182. The van der Waals surface area contributed by atoms with Gasteiger partial charge in [0.2, 0.25) is 0 Å². The Bertz CT molecular complexity index is 330. The summed E-state index contributed by atoms with van der Waals surface area (Å²) in [5, 5.41) is 2.98. The minimum Gasteiger partial charge on any atom is -0.372 e. The molecule has 1 aliphatic carbocycles. The van der Waals surface area contributed by atoms with Crippen molar-refractivity contribution in [2.24, 2.45) is 0 Å². The van der Waals surface area contributed by atoms with Crippen LogP contribution in [0.1, 0.15) is 37.8 Å². The lowest BCUT2D eigenvalue weighted by atomic mass is 9.94. The zero-order chi connectivity index (χ0) is 12.1. The highest BCUT2D eigenvalue weighted by atomic mass is 15.1. The fraction of sp³-hybridized carbons (Fsp3) is 0.692. The van der Waals surface area contributed by atoms with E-state index in [1.165, 1.54) is 32.1 Å². The highest BCUT2D eigenvalue weighted by molar-refractivity contribution is 5.29. The van der Waals surface area contributed by atoms with Gasteiger partial charge in [0.05, 0.1) is 18.1 Å². The van der Waals surface area contributed by atoms with E-state index in [-0.39, 0.29) is 0 Å². The molecule has 0 amide bonds. The quantitative estimate of drug-likeness (QED) is 0.867. The van der Waals surface area contributed by atoms with Crippen molar-refractivity contribution in [2.45, 2.75) is 44.7 Å². The smallest absolute Gasteiger partial charge is 0.144 e. The van der Waals surface area contributed by atoms with Gasteiger partial charge in [-0.15, -0.1) is 0 Å². The maximum atomic E-state index is 4.42. The molecule has 1 aliphatic rings. The summed E-state index contributed by atoms with van der Waals surface area (Å²) in [7, 11) is 4.06. The van der Waals surface area contributed by atoms with Crippen LogP contribution in [0.25, 0.3) is 0 Å². The van der Waals surface area contributed by atoms with E-state index < -0.39 is 0 Å². The number of anilines is 1. The van der Waals surface area contributed by atoms with Crippen LogP contribution < -0.4 is 5.32 Å². The highest BCUT2D eigenvalue weighted by Gasteiger charge is 2.18. The number of rotatable bonds is 4. The lowest BCUT2D eigenvalue weighted by Gasteiger charge is -2.30. The zero-order valence-corrected chi connectivity index (χ0v) is 10.8. The Morgan fingerprint density at radius 2 is 2.00 bits per heavy atom. The van der Waals surface area contributed by atoms with Crippen LogP contribution in [-0.2, 0) is 6.54 Å². The third kappa shape index (κ3) is 3.40. The van der Waals surface area contributed by atoms with Gasteiger partial charge in [-0.05, 0) is 19.9 Å². The van der Waals surface area contributed by atoms with Gasteiger partial charge in [-0.1, -0.05) is 19.3 Å². The molecule has 17 heavy (non-hydrogen) atoms. The molecule has 1 fully saturated rings. The van der Waals surface area contributed by atoms with Crippen LogP contribution in [0.4, 0.5) is 5.82 Å². The van der Waals surface area contributed by atoms with Gasteiger partial charge in [-0.2, -0.15) is 0 Å². The Morgan fingerprint density at radius 1 is 1.24 bits per heavy atom. The van der Waals surface area contributed by atoms with Crippen LogP contribution in [0.15, 0.2) is 12.4 Å². The predicted octanol–water partition coefficient (Wildman–Crippen LogP) is 2.28. The van der Waals surface area contributed by atoms with Gasteiger partial charge in [0.25, 0.3) is 0 Å². The first-order valence-electron chi connectivity index (χ1n) is 6.48. The van der Waals surface area contributed by atoms with E-state index in [0.29, 0.717) is 0 Å². The SMILES string of the molecule is CNc1cnc(CN(C)C2CCCCC2)cn1. The first kappa shape index (κ1) is 12.3. The molecule has 4 nitrogen and oxygen atoms in total. The molecule has 0 saturated heterocycles.